The molecule has 0 N–H and O–H groups in total. The van der Waals surface area contributed by atoms with Crippen molar-refractivity contribution >= 4 is 51.9 Å². The number of rotatable bonds is 4. The third-order valence-corrected chi connectivity index (χ3v) is 13.2. The van der Waals surface area contributed by atoms with Crippen molar-refractivity contribution in [1.29, 1.82) is 0 Å². The van der Waals surface area contributed by atoms with E-state index in [0.717, 1.165) is 28.5 Å². The van der Waals surface area contributed by atoms with Crippen LogP contribution in [0.4, 0.5) is 0 Å². The van der Waals surface area contributed by atoms with Crippen LogP contribution in [0.25, 0.3) is 0 Å². The first kappa shape index (κ1) is 23.1. The van der Waals surface area contributed by atoms with Gasteiger partial charge in [-0.3, -0.25) is 0 Å². The second kappa shape index (κ2) is 9.15. The van der Waals surface area contributed by atoms with Crippen molar-refractivity contribution in [3.8, 4) is 23.0 Å². The molecule has 40 heavy (non-hydrogen) atoms. The van der Waals surface area contributed by atoms with Gasteiger partial charge >= 0.3 is 0 Å². The van der Waals surface area contributed by atoms with Crippen molar-refractivity contribution in [2.24, 2.45) is 0 Å². The molecule has 0 saturated carbocycles. The predicted molar refractivity (Wildman–Crippen MR) is 168 cm³/mol. The van der Waals surface area contributed by atoms with Gasteiger partial charge < -0.3 is 9.47 Å². The van der Waals surface area contributed by atoms with Gasteiger partial charge in [-0.1, -0.05) is 133 Å². The van der Waals surface area contributed by atoms with Crippen LogP contribution in [0.15, 0.2) is 152 Å². The third kappa shape index (κ3) is 3.30. The van der Waals surface area contributed by atoms with Gasteiger partial charge in [0.2, 0.25) is 0 Å². The highest BCUT2D eigenvalue weighted by atomic mass is 28.3. The van der Waals surface area contributed by atoms with Gasteiger partial charge in [0.15, 0.2) is 8.07 Å². The van der Waals surface area contributed by atoms with Crippen LogP contribution in [0, 0.1) is 0 Å². The van der Waals surface area contributed by atoms with Crippen molar-refractivity contribution in [3.63, 3.8) is 0 Å². The molecule has 6 aromatic carbocycles. The lowest BCUT2D eigenvalue weighted by atomic mass is 9.35. The fraction of sp³-hybridized carbons (Fsp3) is 0. The molecule has 0 bridgehead atoms. The standard InChI is InChI=1S/C36H25BO2Si/c1-4-14-26(15-5-1)40(27-16-6-2-7-17-27,28-18-8-3-9-19-28)34-25-12-21-30-36(34)39-33-24-13-23-32-35(33)37(30)29-20-10-11-22-31(29)38-32/h1-25H. The minimum atomic E-state index is -2.79. The predicted octanol–water partition coefficient (Wildman–Crippen LogP) is 3.79. The van der Waals surface area contributed by atoms with Gasteiger partial charge in [-0.05, 0) is 49.9 Å². The molecule has 8 rings (SSSR count). The molecule has 0 fully saturated rings. The Balaban J connectivity index is 1.49. The molecule has 0 radical (unpaired) electrons. The molecule has 6 aromatic rings. The summed E-state index contributed by atoms with van der Waals surface area (Å²) in [5.41, 5.74) is 3.47. The Kier molecular flexibility index (Phi) is 5.29. The van der Waals surface area contributed by atoms with Crippen molar-refractivity contribution in [2.45, 2.75) is 0 Å². The molecule has 2 aliphatic heterocycles. The van der Waals surface area contributed by atoms with E-state index >= 15 is 0 Å². The maximum Gasteiger partial charge on any atom is 0.260 e. The first-order valence-electron chi connectivity index (χ1n) is 13.7. The average molecular weight is 528 g/mol. The second-order valence-corrected chi connectivity index (χ2v) is 14.2. The van der Waals surface area contributed by atoms with Gasteiger partial charge in [-0.25, -0.2) is 0 Å². The number of para-hydroxylation sites is 2. The Morgan fingerprint density at radius 3 is 1.50 bits per heavy atom. The van der Waals surface area contributed by atoms with Gasteiger partial charge in [0.05, 0.1) is 0 Å². The zero-order chi connectivity index (χ0) is 26.5. The highest BCUT2D eigenvalue weighted by Crippen LogP contribution is 2.34. The topological polar surface area (TPSA) is 18.5 Å². The minimum Gasteiger partial charge on any atom is -0.458 e. The maximum absolute atomic E-state index is 7.00. The molecule has 0 amide bonds. The first-order valence-corrected chi connectivity index (χ1v) is 15.7. The SMILES string of the molecule is c1ccc([Si](c2ccccc2)(c2ccccc2)c2cccc3c2Oc2cccc4c2B3c2ccccc2O4)cc1. The van der Waals surface area contributed by atoms with Gasteiger partial charge in [0, 0.05) is 5.46 Å². The smallest absolute Gasteiger partial charge is 0.260 e. The van der Waals surface area contributed by atoms with Gasteiger partial charge in [-0.15, -0.1) is 0 Å². The summed E-state index contributed by atoms with van der Waals surface area (Å²) in [6.45, 7) is 0.0360. The Bertz CT molecular complexity index is 1760. The summed E-state index contributed by atoms with van der Waals surface area (Å²) < 4.78 is 13.4. The summed E-state index contributed by atoms with van der Waals surface area (Å²) in [4.78, 5) is 0. The second-order valence-electron chi connectivity index (χ2n) is 10.4. The molecule has 0 spiro atoms. The van der Waals surface area contributed by atoms with Crippen LogP contribution in [-0.4, -0.2) is 14.8 Å². The van der Waals surface area contributed by atoms with Gasteiger partial charge in [0.1, 0.15) is 23.0 Å². The normalized spacial score (nSPS) is 12.8. The third-order valence-electron chi connectivity index (χ3n) is 8.36. The number of benzene rings is 6. The van der Waals surface area contributed by atoms with Crippen molar-refractivity contribution in [1.82, 2.24) is 0 Å². The van der Waals surface area contributed by atoms with E-state index in [9.17, 15) is 0 Å². The molecule has 0 aliphatic carbocycles. The van der Waals surface area contributed by atoms with Crippen LogP contribution in [0.2, 0.25) is 0 Å². The summed E-state index contributed by atoms with van der Waals surface area (Å²) in [5, 5.41) is 5.25. The summed E-state index contributed by atoms with van der Waals surface area (Å²) in [7, 11) is -2.79. The molecule has 0 aromatic heterocycles. The fourth-order valence-corrected chi connectivity index (χ4v) is 11.6. The van der Waals surface area contributed by atoms with Crippen molar-refractivity contribution < 1.29 is 9.47 Å². The molecule has 0 unspecified atom stereocenters. The molecule has 4 heteroatoms. The molecule has 0 atom stereocenters. The zero-order valence-corrected chi connectivity index (χ0v) is 22.8. The maximum atomic E-state index is 7.00. The van der Waals surface area contributed by atoms with E-state index in [1.54, 1.807) is 0 Å². The summed E-state index contributed by atoms with van der Waals surface area (Å²) in [6.07, 6.45) is 0. The summed E-state index contributed by atoms with van der Waals surface area (Å²) in [5.74, 6) is 3.62. The Morgan fingerprint density at radius 2 is 0.875 bits per heavy atom. The highest BCUT2D eigenvalue weighted by Gasteiger charge is 2.47. The molecule has 188 valence electrons. The summed E-state index contributed by atoms with van der Waals surface area (Å²) >= 11 is 0. The van der Waals surface area contributed by atoms with E-state index in [0.29, 0.717) is 0 Å². The van der Waals surface area contributed by atoms with E-state index in [-0.39, 0.29) is 6.71 Å². The van der Waals surface area contributed by atoms with Crippen LogP contribution >= 0.6 is 0 Å². The Hall–Kier alpha value is -4.80. The lowest BCUT2D eigenvalue weighted by molar-refractivity contribution is 0.466. The van der Waals surface area contributed by atoms with E-state index in [2.05, 4.69) is 140 Å². The molecule has 2 heterocycles. The Morgan fingerprint density at radius 1 is 0.400 bits per heavy atom. The van der Waals surface area contributed by atoms with Gasteiger partial charge in [-0.2, -0.15) is 0 Å². The van der Waals surface area contributed by atoms with E-state index < -0.39 is 8.07 Å². The first-order chi connectivity index (χ1) is 19.9. The molecule has 0 saturated heterocycles. The monoisotopic (exact) mass is 528 g/mol. The molecule has 2 nitrogen and oxygen atoms in total. The number of hydrogen-bond donors (Lipinski definition) is 0. The molecular formula is C36H25BO2Si. The van der Waals surface area contributed by atoms with E-state index in [4.69, 9.17) is 9.47 Å². The van der Waals surface area contributed by atoms with E-state index in [1.165, 1.54) is 31.7 Å². The summed E-state index contributed by atoms with van der Waals surface area (Å²) in [6, 6.07) is 54.4. The fourth-order valence-electron chi connectivity index (χ4n) is 6.73. The molecular weight excluding hydrogens is 503 g/mol. The lowest BCUT2D eigenvalue weighted by Crippen LogP contribution is -2.75. The average Bonchev–Trinajstić information content (AvgIpc) is 3.03. The Labute approximate surface area is 235 Å². The van der Waals surface area contributed by atoms with Crippen LogP contribution in [0.3, 0.4) is 0 Å². The van der Waals surface area contributed by atoms with Gasteiger partial charge in [0.25, 0.3) is 6.71 Å². The zero-order valence-electron chi connectivity index (χ0n) is 21.8. The largest absolute Gasteiger partial charge is 0.458 e. The van der Waals surface area contributed by atoms with Crippen LogP contribution < -0.4 is 46.6 Å². The van der Waals surface area contributed by atoms with Crippen LogP contribution in [0.5, 0.6) is 23.0 Å². The number of ether oxygens (including phenoxy) is 2. The van der Waals surface area contributed by atoms with Crippen LogP contribution in [-0.2, 0) is 0 Å². The quantitative estimate of drug-likeness (QED) is 0.256. The van der Waals surface area contributed by atoms with Crippen molar-refractivity contribution in [3.05, 3.63) is 152 Å². The minimum absolute atomic E-state index is 0.0360. The number of hydrogen-bond acceptors (Lipinski definition) is 2. The van der Waals surface area contributed by atoms with Crippen LogP contribution in [0.1, 0.15) is 0 Å². The number of fused-ring (bicyclic) bond motifs is 4. The van der Waals surface area contributed by atoms with E-state index in [1.807, 2.05) is 12.1 Å². The van der Waals surface area contributed by atoms with Crippen molar-refractivity contribution in [2.75, 3.05) is 0 Å². The highest BCUT2D eigenvalue weighted by molar-refractivity contribution is 7.20. The molecule has 2 aliphatic rings. The lowest BCUT2D eigenvalue weighted by Gasteiger charge is -2.39.